The summed E-state index contributed by atoms with van der Waals surface area (Å²) in [7, 11) is 0. The van der Waals surface area contributed by atoms with Gasteiger partial charge >= 0.3 is 0 Å². The van der Waals surface area contributed by atoms with Gasteiger partial charge in [-0.2, -0.15) is 0 Å². The lowest BCUT2D eigenvalue weighted by Crippen LogP contribution is -2.39. The van der Waals surface area contributed by atoms with Gasteiger partial charge in [-0.3, -0.25) is 4.79 Å². The first-order valence-electron chi connectivity index (χ1n) is 3.50. The van der Waals surface area contributed by atoms with E-state index in [1.807, 2.05) is 0 Å². The molecule has 1 saturated carbocycles. The van der Waals surface area contributed by atoms with Crippen LogP contribution in [0, 0.1) is 0 Å². The molecule has 1 rings (SSSR count). The van der Waals surface area contributed by atoms with E-state index in [-0.39, 0.29) is 11.4 Å². The molecule has 1 aliphatic rings. The topological polar surface area (TPSA) is 55.1 Å². The number of hydrogen-bond donors (Lipinski definition) is 2. The second kappa shape index (κ2) is 2.42. The number of rotatable bonds is 3. The summed E-state index contributed by atoms with van der Waals surface area (Å²) in [6, 6.07) is 0. The predicted molar refractivity (Wildman–Crippen MR) is 43.6 cm³/mol. The van der Waals surface area contributed by atoms with E-state index in [4.69, 9.17) is 5.73 Å². The second-order valence-electron chi connectivity index (χ2n) is 2.80. The van der Waals surface area contributed by atoms with Crippen LogP contribution in [0.2, 0.25) is 0 Å². The van der Waals surface area contributed by atoms with E-state index >= 15 is 0 Å². The van der Waals surface area contributed by atoms with Crippen molar-refractivity contribution in [3.63, 3.8) is 0 Å². The summed E-state index contributed by atoms with van der Waals surface area (Å²) in [6.45, 7) is 6.95. The van der Waals surface area contributed by atoms with Crippen LogP contribution < -0.4 is 11.1 Å². The smallest absolute Gasteiger partial charge is 0.244 e. The molecule has 1 fully saturated rings. The molecule has 0 aromatic heterocycles. The quantitative estimate of drug-likeness (QED) is 0.571. The maximum Gasteiger partial charge on any atom is 0.244 e. The van der Waals surface area contributed by atoms with E-state index in [0.717, 1.165) is 12.8 Å². The lowest BCUT2D eigenvalue weighted by molar-refractivity contribution is -0.117. The molecular weight excluding hydrogens is 140 g/mol. The molecule has 0 saturated heterocycles. The molecule has 0 spiro atoms. The fourth-order valence-electron chi connectivity index (χ4n) is 0.938. The molecule has 0 bridgehead atoms. The molecule has 0 atom stereocenters. The Kier molecular flexibility index (Phi) is 1.72. The van der Waals surface area contributed by atoms with Crippen LogP contribution in [-0.4, -0.2) is 11.4 Å². The summed E-state index contributed by atoms with van der Waals surface area (Å²) in [6.07, 6.45) is 3.02. The average molecular weight is 152 g/mol. The third-order valence-electron chi connectivity index (χ3n) is 1.91. The zero-order valence-corrected chi connectivity index (χ0v) is 6.39. The first-order chi connectivity index (χ1) is 5.10. The highest BCUT2D eigenvalue weighted by Gasteiger charge is 2.45. The molecule has 0 unspecified atom stereocenters. The van der Waals surface area contributed by atoms with E-state index in [0.29, 0.717) is 5.70 Å². The summed E-state index contributed by atoms with van der Waals surface area (Å²) in [5.41, 5.74) is 5.71. The normalized spacial score (nSPS) is 18.5. The second-order valence-corrected chi connectivity index (χ2v) is 2.80. The standard InChI is InChI=1S/C8H12N2O/c1-3-7(11)10-8(4-5-8)6(2)9/h3H,1-2,4-5,9H2,(H,10,11). The highest BCUT2D eigenvalue weighted by Crippen LogP contribution is 2.39. The van der Waals surface area contributed by atoms with E-state index in [1.165, 1.54) is 6.08 Å². The molecule has 0 aromatic carbocycles. The Labute approximate surface area is 66.0 Å². The Morgan fingerprint density at radius 3 is 2.45 bits per heavy atom. The van der Waals surface area contributed by atoms with Crippen LogP contribution in [0.3, 0.4) is 0 Å². The van der Waals surface area contributed by atoms with Crippen molar-refractivity contribution in [2.75, 3.05) is 0 Å². The van der Waals surface area contributed by atoms with Crippen molar-refractivity contribution in [2.45, 2.75) is 18.4 Å². The van der Waals surface area contributed by atoms with Crippen LogP contribution in [0.1, 0.15) is 12.8 Å². The Morgan fingerprint density at radius 1 is 1.64 bits per heavy atom. The molecule has 11 heavy (non-hydrogen) atoms. The van der Waals surface area contributed by atoms with Crippen molar-refractivity contribution >= 4 is 5.91 Å². The van der Waals surface area contributed by atoms with Crippen molar-refractivity contribution in [3.05, 3.63) is 24.9 Å². The molecule has 1 aliphatic carbocycles. The highest BCUT2D eigenvalue weighted by molar-refractivity contribution is 5.88. The van der Waals surface area contributed by atoms with Gasteiger partial charge < -0.3 is 11.1 Å². The van der Waals surface area contributed by atoms with Gasteiger partial charge in [-0.25, -0.2) is 0 Å². The molecule has 1 amide bonds. The SMILES string of the molecule is C=CC(=O)NC1(C(=C)N)CC1. The number of nitrogens with one attached hydrogen (secondary N) is 1. The Morgan fingerprint density at radius 2 is 2.18 bits per heavy atom. The summed E-state index contributed by atoms with van der Waals surface area (Å²) in [5.74, 6) is -0.186. The first-order valence-corrected chi connectivity index (χ1v) is 3.50. The molecule has 0 radical (unpaired) electrons. The van der Waals surface area contributed by atoms with Gasteiger partial charge in [0.25, 0.3) is 0 Å². The van der Waals surface area contributed by atoms with Crippen LogP contribution in [0.5, 0.6) is 0 Å². The molecule has 3 N–H and O–H groups in total. The van der Waals surface area contributed by atoms with Gasteiger partial charge in [-0.15, -0.1) is 0 Å². The van der Waals surface area contributed by atoms with Crippen molar-refractivity contribution in [1.29, 1.82) is 0 Å². The summed E-state index contributed by atoms with van der Waals surface area (Å²) < 4.78 is 0. The van der Waals surface area contributed by atoms with E-state index in [2.05, 4.69) is 18.5 Å². The average Bonchev–Trinajstić information content (AvgIpc) is 2.69. The summed E-state index contributed by atoms with van der Waals surface area (Å²) >= 11 is 0. The number of carbonyl (C=O) groups is 1. The van der Waals surface area contributed by atoms with Gasteiger partial charge in [0, 0.05) is 5.70 Å². The molecule has 0 aromatic rings. The Balaban J connectivity index is 2.54. The van der Waals surface area contributed by atoms with E-state index in [9.17, 15) is 4.79 Å². The molecule has 3 heteroatoms. The zero-order valence-electron chi connectivity index (χ0n) is 6.39. The minimum absolute atomic E-state index is 0.186. The van der Waals surface area contributed by atoms with Crippen molar-refractivity contribution in [3.8, 4) is 0 Å². The largest absolute Gasteiger partial charge is 0.401 e. The van der Waals surface area contributed by atoms with Crippen LogP contribution in [0.4, 0.5) is 0 Å². The van der Waals surface area contributed by atoms with Crippen molar-refractivity contribution in [1.82, 2.24) is 5.32 Å². The van der Waals surface area contributed by atoms with Crippen molar-refractivity contribution < 1.29 is 4.79 Å². The maximum atomic E-state index is 10.8. The molecule has 0 aliphatic heterocycles. The number of carbonyl (C=O) groups excluding carboxylic acids is 1. The van der Waals surface area contributed by atoms with Gasteiger partial charge in [-0.05, 0) is 18.9 Å². The van der Waals surface area contributed by atoms with E-state index in [1.54, 1.807) is 0 Å². The predicted octanol–water partition coefficient (Wildman–Crippen LogP) is 0.294. The highest BCUT2D eigenvalue weighted by atomic mass is 16.1. The minimum Gasteiger partial charge on any atom is -0.401 e. The van der Waals surface area contributed by atoms with Gasteiger partial charge in [0.05, 0.1) is 5.54 Å². The zero-order chi connectivity index (χ0) is 8.48. The molecule has 3 nitrogen and oxygen atoms in total. The van der Waals surface area contributed by atoms with Crippen molar-refractivity contribution in [2.24, 2.45) is 5.73 Å². The molecule has 0 heterocycles. The first kappa shape index (κ1) is 7.85. The maximum absolute atomic E-state index is 10.8. The Hall–Kier alpha value is -1.25. The number of nitrogens with two attached hydrogens (primary N) is 1. The number of hydrogen-bond acceptors (Lipinski definition) is 2. The van der Waals surface area contributed by atoms with E-state index < -0.39 is 0 Å². The molecule has 60 valence electrons. The van der Waals surface area contributed by atoms with Crippen LogP contribution >= 0.6 is 0 Å². The lowest BCUT2D eigenvalue weighted by Gasteiger charge is -2.14. The third-order valence-corrected chi connectivity index (χ3v) is 1.91. The van der Waals surface area contributed by atoms with Gasteiger partial charge in [0.15, 0.2) is 0 Å². The van der Waals surface area contributed by atoms with Crippen LogP contribution in [-0.2, 0) is 4.79 Å². The Bertz CT molecular complexity index is 216. The summed E-state index contributed by atoms with van der Waals surface area (Å²) in [4.78, 5) is 10.8. The lowest BCUT2D eigenvalue weighted by atomic mass is 10.2. The third kappa shape index (κ3) is 1.42. The fraction of sp³-hybridized carbons (Fsp3) is 0.375. The molecular formula is C8H12N2O. The van der Waals surface area contributed by atoms with Gasteiger partial charge in [0.2, 0.25) is 5.91 Å². The van der Waals surface area contributed by atoms with Gasteiger partial charge in [-0.1, -0.05) is 13.2 Å². The number of amides is 1. The van der Waals surface area contributed by atoms with Crippen LogP contribution in [0.25, 0.3) is 0 Å². The monoisotopic (exact) mass is 152 g/mol. The minimum atomic E-state index is -0.314. The fourth-order valence-corrected chi connectivity index (χ4v) is 0.938. The van der Waals surface area contributed by atoms with Crippen LogP contribution in [0.15, 0.2) is 24.9 Å². The summed E-state index contributed by atoms with van der Waals surface area (Å²) in [5, 5.41) is 2.73. The van der Waals surface area contributed by atoms with Gasteiger partial charge in [0.1, 0.15) is 0 Å².